The predicted molar refractivity (Wildman–Crippen MR) is 57.0 cm³/mol. The van der Waals surface area contributed by atoms with Crippen LogP contribution in [-0.4, -0.2) is 12.6 Å². The molecular weight excluding hydrogens is 176 g/mol. The number of esters is 1. The Labute approximate surface area is 87.0 Å². The summed E-state index contributed by atoms with van der Waals surface area (Å²) in [5, 5.41) is 0. The van der Waals surface area contributed by atoms with Gasteiger partial charge in [-0.05, 0) is 24.7 Å². The molecule has 0 radical (unpaired) electrons. The number of rotatable bonds is 5. The largest absolute Gasteiger partial charge is 0.466 e. The Morgan fingerprint density at radius 3 is 2.71 bits per heavy atom. The van der Waals surface area contributed by atoms with Crippen LogP contribution in [0, 0.1) is 11.8 Å². The first-order valence-corrected chi connectivity index (χ1v) is 5.91. The number of ether oxygens (including phenoxy) is 1. The third-order valence-electron chi connectivity index (χ3n) is 3.38. The molecule has 2 nitrogen and oxygen atoms in total. The maximum Gasteiger partial charge on any atom is 0.306 e. The Morgan fingerprint density at radius 1 is 1.43 bits per heavy atom. The third kappa shape index (κ3) is 3.69. The van der Waals surface area contributed by atoms with E-state index in [1.54, 1.807) is 0 Å². The first-order valence-electron chi connectivity index (χ1n) is 5.91. The highest BCUT2D eigenvalue weighted by atomic mass is 16.5. The van der Waals surface area contributed by atoms with Gasteiger partial charge in [0.25, 0.3) is 0 Å². The van der Waals surface area contributed by atoms with Gasteiger partial charge in [0.1, 0.15) is 0 Å². The van der Waals surface area contributed by atoms with Gasteiger partial charge < -0.3 is 4.74 Å². The zero-order valence-electron chi connectivity index (χ0n) is 9.42. The lowest BCUT2D eigenvalue weighted by Gasteiger charge is -2.22. The number of cyclic esters (lactones) is 1. The minimum atomic E-state index is 0.00537. The molecule has 0 aromatic rings. The third-order valence-corrected chi connectivity index (χ3v) is 3.38. The molecule has 0 spiro atoms. The fraction of sp³-hybridized carbons (Fsp3) is 0.917. The van der Waals surface area contributed by atoms with Gasteiger partial charge in [0.2, 0.25) is 0 Å². The van der Waals surface area contributed by atoms with Crippen molar-refractivity contribution in [2.24, 2.45) is 11.8 Å². The monoisotopic (exact) mass is 198 g/mol. The van der Waals surface area contributed by atoms with Crippen molar-refractivity contribution in [3.8, 4) is 0 Å². The van der Waals surface area contributed by atoms with Gasteiger partial charge in [0.15, 0.2) is 0 Å². The summed E-state index contributed by atoms with van der Waals surface area (Å²) in [5.41, 5.74) is 0. The molecular formula is C12H22O2. The van der Waals surface area contributed by atoms with Gasteiger partial charge in [-0.1, -0.05) is 33.1 Å². The molecule has 14 heavy (non-hydrogen) atoms. The van der Waals surface area contributed by atoms with E-state index in [1.807, 2.05) is 0 Å². The molecule has 0 aromatic heterocycles. The molecule has 0 aromatic carbocycles. The molecule has 1 fully saturated rings. The van der Waals surface area contributed by atoms with Crippen LogP contribution in [-0.2, 0) is 9.53 Å². The van der Waals surface area contributed by atoms with Crippen molar-refractivity contribution in [1.82, 2.24) is 0 Å². The summed E-state index contributed by atoms with van der Waals surface area (Å²) in [4.78, 5) is 11.0. The lowest BCUT2D eigenvalue weighted by Crippen LogP contribution is -2.21. The van der Waals surface area contributed by atoms with Crippen molar-refractivity contribution < 1.29 is 9.53 Å². The van der Waals surface area contributed by atoms with Crippen molar-refractivity contribution in [2.75, 3.05) is 6.61 Å². The molecule has 1 heterocycles. The van der Waals surface area contributed by atoms with Crippen LogP contribution < -0.4 is 0 Å². The maximum atomic E-state index is 11.0. The van der Waals surface area contributed by atoms with Crippen LogP contribution in [0.15, 0.2) is 0 Å². The molecule has 1 aliphatic rings. The van der Waals surface area contributed by atoms with Gasteiger partial charge in [0.05, 0.1) is 6.61 Å². The second kappa shape index (κ2) is 6.05. The molecule has 0 bridgehead atoms. The van der Waals surface area contributed by atoms with Crippen molar-refractivity contribution in [3.05, 3.63) is 0 Å². The minimum Gasteiger partial charge on any atom is -0.466 e. The summed E-state index contributed by atoms with van der Waals surface area (Å²) in [5.74, 6) is 1.45. The van der Waals surface area contributed by atoms with E-state index < -0.39 is 0 Å². The van der Waals surface area contributed by atoms with Crippen molar-refractivity contribution >= 4 is 5.97 Å². The fourth-order valence-electron chi connectivity index (χ4n) is 2.15. The average molecular weight is 198 g/mol. The molecule has 1 atom stereocenters. The van der Waals surface area contributed by atoms with Crippen LogP contribution in [0.1, 0.15) is 52.4 Å². The summed E-state index contributed by atoms with van der Waals surface area (Å²) < 4.78 is 4.93. The van der Waals surface area contributed by atoms with Gasteiger partial charge in [-0.25, -0.2) is 0 Å². The van der Waals surface area contributed by atoms with Crippen LogP contribution in [0.25, 0.3) is 0 Å². The van der Waals surface area contributed by atoms with Crippen molar-refractivity contribution in [2.45, 2.75) is 52.4 Å². The molecule has 1 unspecified atom stereocenters. The number of carbonyl (C=O) groups is 1. The molecule has 0 saturated carbocycles. The average Bonchev–Trinajstić information content (AvgIpc) is 2.19. The zero-order valence-corrected chi connectivity index (χ0v) is 9.42. The minimum absolute atomic E-state index is 0.00537. The second-order valence-corrected chi connectivity index (χ2v) is 4.34. The lowest BCUT2D eigenvalue weighted by molar-refractivity contribution is -0.149. The molecule has 0 aliphatic carbocycles. The predicted octanol–water partition coefficient (Wildman–Crippen LogP) is 3.16. The molecule has 82 valence electrons. The Kier molecular flexibility index (Phi) is 4.99. The van der Waals surface area contributed by atoms with E-state index in [9.17, 15) is 4.79 Å². The molecule has 2 heteroatoms. The van der Waals surface area contributed by atoms with Gasteiger partial charge in [-0.2, -0.15) is 0 Å². The number of hydrogen-bond acceptors (Lipinski definition) is 2. The Hall–Kier alpha value is -0.530. The molecule has 1 saturated heterocycles. The molecule has 1 rings (SSSR count). The Balaban J connectivity index is 2.19. The first-order chi connectivity index (χ1) is 6.76. The Morgan fingerprint density at radius 2 is 2.14 bits per heavy atom. The van der Waals surface area contributed by atoms with Gasteiger partial charge in [-0.3, -0.25) is 4.79 Å². The van der Waals surface area contributed by atoms with Crippen LogP contribution in [0.3, 0.4) is 0 Å². The molecule has 0 amide bonds. The quantitative estimate of drug-likeness (QED) is 0.634. The van der Waals surface area contributed by atoms with Gasteiger partial charge >= 0.3 is 5.97 Å². The summed E-state index contributed by atoms with van der Waals surface area (Å²) in [6, 6.07) is 0. The number of carbonyl (C=O) groups excluding carboxylic acids is 1. The smallest absolute Gasteiger partial charge is 0.306 e. The van der Waals surface area contributed by atoms with E-state index in [-0.39, 0.29) is 5.97 Å². The van der Waals surface area contributed by atoms with Crippen molar-refractivity contribution in [1.29, 1.82) is 0 Å². The van der Waals surface area contributed by atoms with Crippen molar-refractivity contribution in [3.63, 3.8) is 0 Å². The zero-order chi connectivity index (χ0) is 10.4. The topological polar surface area (TPSA) is 26.3 Å². The van der Waals surface area contributed by atoms with Crippen LogP contribution in [0.5, 0.6) is 0 Å². The summed E-state index contributed by atoms with van der Waals surface area (Å²) in [6.45, 7) is 5.15. The lowest BCUT2D eigenvalue weighted by atomic mass is 9.88. The first kappa shape index (κ1) is 11.5. The Bertz CT molecular complexity index is 173. The number of hydrogen-bond donors (Lipinski definition) is 0. The summed E-state index contributed by atoms with van der Waals surface area (Å²) in [7, 11) is 0. The standard InChI is InChI=1S/C12H22O2/c1-3-10(4-2)5-6-11-7-8-14-12(13)9-11/h10-11H,3-9H2,1-2H3. The van der Waals surface area contributed by atoms with E-state index in [4.69, 9.17) is 4.74 Å². The van der Waals surface area contributed by atoms with Crippen LogP contribution in [0.4, 0.5) is 0 Å². The van der Waals surface area contributed by atoms with E-state index >= 15 is 0 Å². The van der Waals surface area contributed by atoms with Crippen LogP contribution >= 0.6 is 0 Å². The summed E-state index contributed by atoms with van der Waals surface area (Å²) >= 11 is 0. The van der Waals surface area contributed by atoms with E-state index in [0.29, 0.717) is 18.9 Å². The van der Waals surface area contributed by atoms with Gasteiger partial charge in [0, 0.05) is 6.42 Å². The van der Waals surface area contributed by atoms with E-state index in [1.165, 1.54) is 25.7 Å². The van der Waals surface area contributed by atoms with Gasteiger partial charge in [-0.15, -0.1) is 0 Å². The molecule has 0 N–H and O–H groups in total. The SMILES string of the molecule is CCC(CC)CCC1CCOC(=O)C1. The second-order valence-electron chi connectivity index (χ2n) is 4.34. The van der Waals surface area contributed by atoms with E-state index in [0.717, 1.165) is 12.3 Å². The highest BCUT2D eigenvalue weighted by Gasteiger charge is 2.20. The fourth-order valence-corrected chi connectivity index (χ4v) is 2.15. The molecule has 1 aliphatic heterocycles. The summed E-state index contributed by atoms with van der Waals surface area (Å²) in [6.07, 6.45) is 6.76. The van der Waals surface area contributed by atoms with Crippen LogP contribution in [0.2, 0.25) is 0 Å². The normalized spacial score (nSPS) is 22.5. The maximum absolute atomic E-state index is 11.0. The highest BCUT2D eigenvalue weighted by Crippen LogP contribution is 2.25. The van der Waals surface area contributed by atoms with E-state index in [2.05, 4.69) is 13.8 Å². The highest BCUT2D eigenvalue weighted by molar-refractivity contribution is 5.70.